The van der Waals surface area contributed by atoms with E-state index in [1.54, 1.807) is 12.4 Å². The molecular formula is C8H11N3O2. The zero-order chi connectivity index (χ0) is 9.68. The minimum absolute atomic E-state index is 0.0794. The first-order chi connectivity index (χ1) is 6.20. The first-order valence-electron chi connectivity index (χ1n) is 3.93. The van der Waals surface area contributed by atoms with Crippen LogP contribution in [0.4, 0.5) is 5.82 Å². The number of hydrogen-bond donors (Lipinski definition) is 2. The van der Waals surface area contributed by atoms with Crippen LogP contribution in [-0.2, 0) is 4.79 Å². The Kier molecular flexibility index (Phi) is 3.19. The lowest BCUT2D eigenvalue weighted by atomic mass is 10.4. The summed E-state index contributed by atoms with van der Waals surface area (Å²) in [5.41, 5.74) is 0.771. The molecular weight excluding hydrogens is 170 g/mol. The minimum atomic E-state index is -0.825. The van der Waals surface area contributed by atoms with E-state index < -0.39 is 5.97 Å². The molecule has 1 aromatic rings. The normalized spacial score (nSPS) is 9.62. The van der Waals surface area contributed by atoms with E-state index in [4.69, 9.17) is 5.11 Å². The monoisotopic (exact) mass is 181 g/mol. The van der Waals surface area contributed by atoms with Crippen LogP contribution < -0.4 is 5.32 Å². The number of aromatic nitrogens is 2. The van der Waals surface area contributed by atoms with Crippen molar-refractivity contribution in [3.05, 3.63) is 18.1 Å². The van der Waals surface area contributed by atoms with Crippen LogP contribution in [0.2, 0.25) is 0 Å². The maximum absolute atomic E-state index is 10.2. The smallest absolute Gasteiger partial charge is 0.305 e. The summed E-state index contributed by atoms with van der Waals surface area (Å²) in [4.78, 5) is 18.2. The van der Waals surface area contributed by atoms with Gasteiger partial charge in [0, 0.05) is 18.9 Å². The molecule has 2 N–H and O–H groups in total. The number of rotatable bonds is 4. The molecule has 0 saturated carbocycles. The van der Waals surface area contributed by atoms with Gasteiger partial charge in [0.1, 0.15) is 5.82 Å². The van der Waals surface area contributed by atoms with Gasteiger partial charge < -0.3 is 10.4 Å². The number of aliphatic carboxylic acids is 1. The summed E-state index contributed by atoms with van der Waals surface area (Å²) in [7, 11) is 0. The van der Waals surface area contributed by atoms with Gasteiger partial charge in [-0.25, -0.2) is 4.98 Å². The predicted molar refractivity (Wildman–Crippen MR) is 47.5 cm³/mol. The first-order valence-corrected chi connectivity index (χ1v) is 3.93. The van der Waals surface area contributed by atoms with Crippen LogP contribution in [-0.4, -0.2) is 27.6 Å². The van der Waals surface area contributed by atoms with Gasteiger partial charge in [-0.3, -0.25) is 9.78 Å². The van der Waals surface area contributed by atoms with Crippen molar-refractivity contribution < 1.29 is 9.90 Å². The second kappa shape index (κ2) is 4.39. The Morgan fingerprint density at radius 3 is 2.85 bits per heavy atom. The molecule has 0 aliphatic carbocycles. The van der Waals surface area contributed by atoms with Crippen molar-refractivity contribution in [3.8, 4) is 0 Å². The molecule has 0 atom stereocenters. The molecule has 0 saturated heterocycles. The highest BCUT2D eigenvalue weighted by atomic mass is 16.4. The SMILES string of the molecule is Cc1nccnc1NCCC(=O)O. The van der Waals surface area contributed by atoms with E-state index in [-0.39, 0.29) is 6.42 Å². The van der Waals surface area contributed by atoms with Crippen LogP contribution >= 0.6 is 0 Å². The summed E-state index contributed by atoms with van der Waals surface area (Å²) in [5, 5.41) is 11.3. The largest absolute Gasteiger partial charge is 0.481 e. The van der Waals surface area contributed by atoms with Gasteiger partial charge >= 0.3 is 5.97 Å². The number of carboxylic acid groups (broad SMARTS) is 1. The number of anilines is 1. The standard InChI is InChI=1S/C8H11N3O2/c1-6-8(11-5-4-9-6)10-3-2-7(12)13/h4-5H,2-3H2,1H3,(H,10,11)(H,12,13). The fourth-order valence-corrected chi connectivity index (χ4v) is 0.869. The average molecular weight is 181 g/mol. The molecule has 0 spiro atoms. The lowest BCUT2D eigenvalue weighted by Gasteiger charge is -2.04. The van der Waals surface area contributed by atoms with E-state index in [0.717, 1.165) is 5.69 Å². The van der Waals surface area contributed by atoms with Crippen LogP contribution in [0.3, 0.4) is 0 Å². The molecule has 0 fully saturated rings. The number of aryl methyl sites for hydroxylation is 1. The van der Waals surface area contributed by atoms with Crippen molar-refractivity contribution in [2.24, 2.45) is 0 Å². The van der Waals surface area contributed by atoms with Crippen molar-refractivity contribution in [1.29, 1.82) is 0 Å². The van der Waals surface area contributed by atoms with E-state index in [9.17, 15) is 4.79 Å². The molecule has 0 unspecified atom stereocenters. The Morgan fingerprint density at radius 1 is 1.54 bits per heavy atom. The summed E-state index contributed by atoms with van der Waals surface area (Å²) in [5.74, 6) is -0.183. The molecule has 0 aromatic carbocycles. The zero-order valence-electron chi connectivity index (χ0n) is 7.32. The van der Waals surface area contributed by atoms with Gasteiger partial charge in [0.2, 0.25) is 0 Å². The highest BCUT2D eigenvalue weighted by molar-refractivity contribution is 5.67. The van der Waals surface area contributed by atoms with Crippen LogP contribution in [0.25, 0.3) is 0 Å². The Morgan fingerprint density at radius 2 is 2.23 bits per heavy atom. The van der Waals surface area contributed by atoms with Crippen molar-refractivity contribution >= 4 is 11.8 Å². The highest BCUT2D eigenvalue weighted by Crippen LogP contribution is 2.05. The summed E-state index contributed by atoms with van der Waals surface area (Å²) in [6, 6.07) is 0. The molecule has 1 aromatic heterocycles. The molecule has 1 rings (SSSR count). The lowest BCUT2D eigenvalue weighted by Crippen LogP contribution is -2.09. The van der Waals surface area contributed by atoms with Gasteiger partial charge in [-0.1, -0.05) is 0 Å². The third-order valence-electron chi connectivity index (χ3n) is 1.51. The number of carboxylic acids is 1. The zero-order valence-corrected chi connectivity index (χ0v) is 7.32. The summed E-state index contributed by atoms with van der Waals surface area (Å²) < 4.78 is 0. The summed E-state index contributed by atoms with van der Waals surface area (Å²) in [6.07, 6.45) is 3.24. The predicted octanol–water partition coefficient (Wildman–Crippen LogP) is 0.672. The Labute approximate surface area is 75.8 Å². The molecule has 0 radical (unpaired) electrons. The van der Waals surface area contributed by atoms with Crippen LogP contribution in [0.15, 0.2) is 12.4 Å². The van der Waals surface area contributed by atoms with Gasteiger partial charge in [0.05, 0.1) is 12.1 Å². The van der Waals surface area contributed by atoms with Crippen molar-refractivity contribution in [2.45, 2.75) is 13.3 Å². The fourth-order valence-electron chi connectivity index (χ4n) is 0.869. The van der Waals surface area contributed by atoms with Crippen LogP contribution in [0.1, 0.15) is 12.1 Å². The van der Waals surface area contributed by atoms with Crippen LogP contribution in [0.5, 0.6) is 0 Å². The molecule has 1 heterocycles. The van der Waals surface area contributed by atoms with Gasteiger partial charge in [-0.15, -0.1) is 0 Å². The molecule has 5 nitrogen and oxygen atoms in total. The number of carbonyl (C=O) groups is 1. The maximum Gasteiger partial charge on any atom is 0.305 e. The second-order valence-electron chi connectivity index (χ2n) is 2.56. The third kappa shape index (κ3) is 3.06. The summed E-state index contributed by atoms with van der Waals surface area (Å²) in [6.45, 7) is 2.19. The van der Waals surface area contributed by atoms with Crippen molar-refractivity contribution in [1.82, 2.24) is 9.97 Å². The summed E-state index contributed by atoms with van der Waals surface area (Å²) >= 11 is 0. The topological polar surface area (TPSA) is 75.1 Å². The van der Waals surface area contributed by atoms with Gasteiger partial charge in [0.15, 0.2) is 0 Å². The lowest BCUT2D eigenvalue weighted by molar-refractivity contribution is -0.136. The molecule has 0 amide bonds. The number of hydrogen-bond acceptors (Lipinski definition) is 4. The van der Waals surface area contributed by atoms with Gasteiger partial charge in [0.25, 0.3) is 0 Å². The number of nitrogens with one attached hydrogen (secondary N) is 1. The molecule has 13 heavy (non-hydrogen) atoms. The van der Waals surface area contributed by atoms with Crippen LogP contribution in [0, 0.1) is 6.92 Å². The Hall–Kier alpha value is -1.65. The Balaban J connectivity index is 2.45. The quantitative estimate of drug-likeness (QED) is 0.714. The van der Waals surface area contributed by atoms with E-state index >= 15 is 0 Å². The Bertz CT molecular complexity index is 301. The maximum atomic E-state index is 10.2. The molecule has 0 aliphatic heterocycles. The molecule has 0 aliphatic rings. The average Bonchev–Trinajstić information content (AvgIpc) is 2.08. The minimum Gasteiger partial charge on any atom is -0.481 e. The van der Waals surface area contributed by atoms with E-state index in [1.807, 2.05) is 6.92 Å². The third-order valence-corrected chi connectivity index (χ3v) is 1.51. The van der Waals surface area contributed by atoms with E-state index in [1.165, 1.54) is 0 Å². The fraction of sp³-hybridized carbons (Fsp3) is 0.375. The van der Waals surface area contributed by atoms with Gasteiger partial charge in [-0.05, 0) is 6.92 Å². The molecule has 5 heteroatoms. The van der Waals surface area contributed by atoms with E-state index in [2.05, 4.69) is 15.3 Å². The molecule has 70 valence electrons. The second-order valence-corrected chi connectivity index (χ2v) is 2.56. The molecule has 0 bridgehead atoms. The van der Waals surface area contributed by atoms with Crippen molar-refractivity contribution in [2.75, 3.05) is 11.9 Å². The number of nitrogens with zero attached hydrogens (tertiary/aromatic N) is 2. The van der Waals surface area contributed by atoms with Crippen molar-refractivity contribution in [3.63, 3.8) is 0 Å². The highest BCUT2D eigenvalue weighted by Gasteiger charge is 2.00. The first kappa shape index (κ1) is 9.44. The van der Waals surface area contributed by atoms with Gasteiger partial charge in [-0.2, -0.15) is 0 Å². The van der Waals surface area contributed by atoms with E-state index in [0.29, 0.717) is 12.4 Å².